The molecule has 172 valence electrons. The number of carbonyl (C=O) groups excluding carboxylic acids is 2. The molecule has 0 aliphatic carbocycles. The molecule has 2 amide bonds. The minimum absolute atomic E-state index is 0.217. The number of H-pyrrole nitrogens is 1. The summed E-state index contributed by atoms with van der Waals surface area (Å²) in [6.45, 7) is 2.62. The Kier molecular flexibility index (Phi) is 5.79. The van der Waals surface area contributed by atoms with Gasteiger partial charge < -0.3 is 20.1 Å². The van der Waals surface area contributed by atoms with Crippen molar-refractivity contribution in [2.75, 3.05) is 29.9 Å². The number of rotatable bonds is 2. The summed E-state index contributed by atoms with van der Waals surface area (Å²) < 4.78 is 38.2. The second-order valence-corrected chi connectivity index (χ2v) is 7.78. The standard InChI is InChI=1S/C22H20F3N5O3/c1-13-12-29(18-6-3-15(11-26-18)22(23,24)25)8-9-30(13)21(33)20(32)27-16-4-5-17-14(10-16)2-7-19(31)28-17/h2-7,10-11,13H,8-9,12H2,1H3,(H,27,32)(H,28,31)/t13-/m1/s1. The van der Waals surface area contributed by atoms with Crippen molar-refractivity contribution in [3.63, 3.8) is 0 Å². The van der Waals surface area contributed by atoms with E-state index in [0.29, 0.717) is 35.5 Å². The van der Waals surface area contributed by atoms with E-state index in [4.69, 9.17) is 0 Å². The number of benzene rings is 1. The Morgan fingerprint density at radius 1 is 1.12 bits per heavy atom. The van der Waals surface area contributed by atoms with Crippen molar-refractivity contribution in [1.82, 2.24) is 14.9 Å². The summed E-state index contributed by atoms with van der Waals surface area (Å²) in [5.41, 5.74) is -0.0551. The smallest absolute Gasteiger partial charge is 0.353 e. The molecule has 0 bridgehead atoms. The summed E-state index contributed by atoms with van der Waals surface area (Å²) in [4.78, 5) is 46.4. The number of hydrogen-bond acceptors (Lipinski definition) is 5. The van der Waals surface area contributed by atoms with Crippen molar-refractivity contribution in [3.8, 4) is 0 Å². The molecule has 1 saturated heterocycles. The summed E-state index contributed by atoms with van der Waals surface area (Å²) in [7, 11) is 0. The van der Waals surface area contributed by atoms with Crippen LogP contribution in [0.25, 0.3) is 10.9 Å². The fourth-order valence-electron chi connectivity index (χ4n) is 3.76. The zero-order valence-electron chi connectivity index (χ0n) is 17.5. The predicted octanol–water partition coefficient (Wildman–Crippen LogP) is 2.62. The fraction of sp³-hybridized carbons (Fsp3) is 0.273. The minimum Gasteiger partial charge on any atom is -0.353 e. The minimum atomic E-state index is -4.46. The van der Waals surface area contributed by atoms with Gasteiger partial charge in [-0.2, -0.15) is 13.2 Å². The molecule has 0 spiro atoms. The molecule has 1 aromatic carbocycles. The molecule has 1 aliphatic rings. The Labute approximate surface area is 186 Å². The predicted molar refractivity (Wildman–Crippen MR) is 116 cm³/mol. The van der Waals surface area contributed by atoms with Gasteiger partial charge in [-0.25, -0.2) is 4.98 Å². The third kappa shape index (κ3) is 4.81. The van der Waals surface area contributed by atoms with Crippen LogP contribution in [0, 0.1) is 0 Å². The maximum atomic E-state index is 12.7. The van der Waals surface area contributed by atoms with Gasteiger partial charge in [0.25, 0.3) is 0 Å². The van der Waals surface area contributed by atoms with Gasteiger partial charge in [-0.3, -0.25) is 14.4 Å². The number of carbonyl (C=O) groups is 2. The van der Waals surface area contributed by atoms with E-state index in [2.05, 4.69) is 15.3 Å². The Balaban J connectivity index is 1.39. The van der Waals surface area contributed by atoms with Crippen LogP contribution in [0.2, 0.25) is 0 Å². The highest BCUT2D eigenvalue weighted by molar-refractivity contribution is 6.39. The van der Waals surface area contributed by atoms with Crippen LogP contribution in [0.5, 0.6) is 0 Å². The number of nitrogens with one attached hydrogen (secondary N) is 2. The van der Waals surface area contributed by atoms with Gasteiger partial charge in [0.15, 0.2) is 0 Å². The summed E-state index contributed by atoms with van der Waals surface area (Å²) in [6.07, 6.45) is -3.68. The average molecular weight is 459 g/mol. The molecule has 11 heteroatoms. The van der Waals surface area contributed by atoms with Gasteiger partial charge in [-0.05, 0) is 43.3 Å². The van der Waals surface area contributed by atoms with Crippen molar-refractivity contribution in [2.24, 2.45) is 0 Å². The van der Waals surface area contributed by atoms with E-state index in [1.807, 2.05) is 0 Å². The lowest BCUT2D eigenvalue weighted by Crippen LogP contribution is -2.56. The maximum Gasteiger partial charge on any atom is 0.417 e. The van der Waals surface area contributed by atoms with Gasteiger partial charge in [-0.1, -0.05) is 0 Å². The van der Waals surface area contributed by atoms with Crippen LogP contribution in [0.3, 0.4) is 0 Å². The molecular weight excluding hydrogens is 439 g/mol. The number of alkyl halides is 3. The molecule has 0 radical (unpaired) electrons. The third-order valence-corrected chi connectivity index (χ3v) is 5.46. The van der Waals surface area contributed by atoms with Crippen LogP contribution < -0.4 is 15.8 Å². The first-order chi connectivity index (χ1) is 15.6. The van der Waals surface area contributed by atoms with Gasteiger partial charge in [0.1, 0.15) is 5.82 Å². The van der Waals surface area contributed by atoms with E-state index in [-0.39, 0.29) is 18.1 Å². The van der Waals surface area contributed by atoms with Crippen LogP contribution in [0.1, 0.15) is 12.5 Å². The first-order valence-electron chi connectivity index (χ1n) is 10.1. The Bertz CT molecular complexity index is 1260. The molecule has 4 rings (SSSR count). The van der Waals surface area contributed by atoms with E-state index >= 15 is 0 Å². The number of aromatic amines is 1. The molecule has 2 N–H and O–H groups in total. The number of nitrogens with zero attached hydrogens (tertiary/aromatic N) is 3. The number of hydrogen-bond donors (Lipinski definition) is 2. The number of piperazine rings is 1. The van der Waals surface area contributed by atoms with E-state index in [1.165, 1.54) is 17.0 Å². The largest absolute Gasteiger partial charge is 0.417 e. The number of aromatic nitrogens is 2. The molecule has 8 nitrogen and oxygen atoms in total. The zero-order valence-corrected chi connectivity index (χ0v) is 17.5. The van der Waals surface area contributed by atoms with Crippen molar-refractivity contribution in [1.29, 1.82) is 0 Å². The Morgan fingerprint density at radius 2 is 1.91 bits per heavy atom. The SMILES string of the molecule is C[C@@H]1CN(c2ccc(C(F)(F)F)cn2)CCN1C(=O)C(=O)Nc1ccc2[nH]c(=O)ccc2c1. The van der Waals surface area contributed by atoms with E-state index < -0.39 is 23.6 Å². The summed E-state index contributed by atoms with van der Waals surface area (Å²) >= 11 is 0. The van der Waals surface area contributed by atoms with Crippen LogP contribution in [-0.2, 0) is 15.8 Å². The molecule has 1 aliphatic heterocycles. The molecule has 2 aromatic heterocycles. The molecular formula is C22H20F3N5O3. The average Bonchev–Trinajstić information content (AvgIpc) is 2.78. The zero-order chi connectivity index (χ0) is 23.8. The van der Waals surface area contributed by atoms with Crippen LogP contribution in [0.4, 0.5) is 24.7 Å². The molecule has 0 saturated carbocycles. The van der Waals surface area contributed by atoms with Gasteiger partial charge in [0, 0.05) is 54.5 Å². The van der Waals surface area contributed by atoms with Crippen LogP contribution >= 0.6 is 0 Å². The van der Waals surface area contributed by atoms with Crippen molar-refractivity contribution in [3.05, 3.63) is 64.6 Å². The van der Waals surface area contributed by atoms with E-state index in [1.54, 1.807) is 36.1 Å². The summed E-state index contributed by atoms with van der Waals surface area (Å²) in [5, 5.41) is 3.27. The molecule has 3 aromatic rings. The van der Waals surface area contributed by atoms with Gasteiger partial charge in [-0.15, -0.1) is 0 Å². The van der Waals surface area contributed by atoms with Crippen LogP contribution in [-0.4, -0.2) is 52.4 Å². The number of halogens is 3. The molecule has 0 unspecified atom stereocenters. The second-order valence-electron chi connectivity index (χ2n) is 7.78. The first-order valence-corrected chi connectivity index (χ1v) is 10.1. The van der Waals surface area contributed by atoms with Crippen molar-refractivity contribution in [2.45, 2.75) is 19.1 Å². The lowest BCUT2D eigenvalue weighted by Gasteiger charge is -2.40. The highest BCUT2D eigenvalue weighted by atomic mass is 19.4. The maximum absolute atomic E-state index is 12.7. The number of fused-ring (bicyclic) bond motifs is 1. The topological polar surface area (TPSA) is 98.4 Å². The molecule has 1 fully saturated rings. The highest BCUT2D eigenvalue weighted by Gasteiger charge is 2.33. The van der Waals surface area contributed by atoms with Gasteiger partial charge >= 0.3 is 18.0 Å². The fourth-order valence-corrected chi connectivity index (χ4v) is 3.76. The quantitative estimate of drug-likeness (QED) is 0.574. The lowest BCUT2D eigenvalue weighted by molar-refractivity contribution is -0.144. The Hall–Kier alpha value is -3.89. The number of anilines is 2. The van der Waals surface area contributed by atoms with Gasteiger partial charge in [0.05, 0.1) is 5.56 Å². The van der Waals surface area contributed by atoms with Crippen molar-refractivity contribution >= 4 is 34.2 Å². The second kappa shape index (κ2) is 8.57. The summed E-state index contributed by atoms with van der Waals surface area (Å²) in [5.74, 6) is -1.13. The lowest BCUT2D eigenvalue weighted by atomic mass is 10.1. The highest BCUT2D eigenvalue weighted by Crippen LogP contribution is 2.29. The Morgan fingerprint density at radius 3 is 2.58 bits per heavy atom. The molecule has 33 heavy (non-hydrogen) atoms. The number of pyridine rings is 2. The van der Waals surface area contributed by atoms with Gasteiger partial charge in [0.2, 0.25) is 5.56 Å². The number of amides is 2. The summed E-state index contributed by atoms with van der Waals surface area (Å²) in [6, 6.07) is 9.75. The monoisotopic (exact) mass is 459 g/mol. The molecule has 3 heterocycles. The van der Waals surface area contributed by atoms with Crippen LogP contribution in [0.15, 0.2) is 53.5 Å². The van der Waals surface area contributed by atoms with E-state index in [0.717, 1.165) is 12.3 Å². The normalized spacial score (nSPS) is 16.7. The molecule has 1 atom stereocenters. The van der Waals surface area contributed by atoms with E-state index in [9.17, 15) is 27.6 Å². The third-order valence-electron chi connectivity index (χ3n) is 5.46. The first kappa shape index (κ1) is 22.3. The van der Waals surface area contributed by atoms with Crippen molar-refractivity contribution < 1.29 is 22.8 Å².